The summed E-state index contributed by atoms with van der Waals surface area (Å²) >= 11 is 1.52. The first-order valence-corrected chi connectivity index (χ1v) is 5.77. The van der Waals surface area contributed by atoms with Crippen molar-refractivity contribution >= 4 is 24.3 Å². The van der Waals surface area contributed by atoms with Crippen LogP contribution in [0.3, 0.4) is 0 Å². The Morgan fingerprint density at radius 2 is 1.44 bits per heavy atom. The van der Waals surface area contributed by atoms with Crippen LogP contribution >= 0.6 is 11.8 Å². The monoisotopic (exact) mass is 230 g/mol. The molecule has 0 saturated carbocycles. The molecule has 16 heavy (non-hydrogen) atoms. The minimum atomic E-state index is -1.42. The Hall–Kier alpha value is -1.23. The van der Waals surface area contributed by atoms with Crippen molar-refractivity contribution in [3.8, 4) is 0 Å². The van der Waals surface area contributed by atoms with Gasteiger partial charge in [-0.25, -0.2) is 0 Å². The fourth-order valence-corrected chi connectivity index (χ4v) is 2.39. The zero-order valence-electron chi connectivity index (χ0n) is 8.58. The molecule has 4 heteroatoms. The van der Waals surface area contributed by atoms with E-state index in [2.05, 4.69) is 0 Å². The summed E-state index contributed by atoms with van der Waals surface area (Å²) < 4.78 is 0. The van der Waals surface area contributed by atoms with Gasteiger partial charge < -0.3 is 10.0 Å². The van der Waals surface area contributed by atoms with Crippen LogP contribution in [0.1, 0.15) is 0 Å². The smallest absolute Gasteiger partial charge is 0.423 e. The van der Waals surface area contributed by atoms with Crippen molar-refractivity contribution in [2.75, 3.05) is 0 Å². The third-order valence-electron chi connectivity index (χ3n) is 2.17. The summed E-state index contributed by atoms with van der Waals surface area (Å²) in [6.45, 7) is 0. The summed E-state index contributed by atoms with van der Waals surface area (Å²) in [5, 5.41) is 18.4. The predicted octanol–water partition coefficient (Wildman–Crippen LogP) is 1.52. The van der Waals surface area contributed by atoms with Crippen LogP contribution in [0.25, 0.3) is 0 Å². The van der Waals surface area contributed by atoms with Gasteiger partial charge in [-0.3, -0.25) is 0 Å². The van der Waals surface area contributed by atoms with E-state index >= 15 is 0 Å². The summed E-state index contributed by atoms with van der Waals surface area (Å²) in [5.41, 5.74) is 0.538. The van der Waals surface area contributed by atoms with Crippen LogP contribution in [-0.2, 0) is 0 Å². The van der Waals surface area contributed by atoms with Crippen molar-refractivity contribution in [2.24, 2.45) is 0 Å². The SMILES string of the molecule is OB(O)c1ccccc1Sc1ccccc1. The van der Waals surface area contributed by atoms with Crippen LogP contribution in [-0.4, -0.2) is 17.2 Å². The number of rotatable bonds is 3. The molecule has 0 radical (unpaired) electrons. The van der Waals surface area contributed by atoms with Gasteiger partial charge in [-0.2, -0.15) is 0 Å². The Morgan fingerprint density at radius 3 is 2.12 bits per heavy atom. The number of hydrogen-bond donors (Lipinski definition) is 2. The van der Waals surface area contributed by atoms with Crippen LogP contribution < -0.4 is 5.46 Å². The van der Waals surface area contributed by atoms with Crippen LogP contribution in [0, 0.1) is 0 Å². The lowest BCUT2D eigenvalue weighted by Crippen LogP contribution is -2.31. The zero-order valence-corrected chi connectivity index (χ0v) is 9.39. The quantitative estimate of drug-likeness (QED) is 0.785. The van der Waals surface area contributed by atoms with Crippen LogP contribution in [0.5, 0.6) is 0 Å². The van der Waals surface area contributed by atoms with Gasteiger partial charge in [-0.05, 0) is 23.7 Å². The van der Waals surface area contributed by atoms with Crippen molar-refractivity contribution in [1.29, 1.82) is 0 Å². The Bertz CT molecular complexity index is 460. The second-order valence-corrected chi connectivity index (χ2v) is 4.44. The molecule has 0 aliphatic rings. The highest BCUT2D eigenvalue weighted by atomic mass is 32.2. The first-order chi connectivity index (χ1) is 7.77. The summed E-state index contributed by atoms with van der Waals surface area (Å²) in [5.74, 6) is 0. The molecule has 0 atom stereocenters. The van der Waals surface area contributed by atoms with Gasteiger partial charge in [0.05, 0.1) is 0 Å². The molecule has 0 bridgehead atoms. The fraction of sp³-hybridized carbons (Fsp3) is 0. The largest absolute Gasteiger partial charge is 0.489 e. The lowest BCUT2D eigenvalue weighted by molar-refractivity contribution is 0.425. The third kappa shape index (κ3) is 2.67. The van der Waals surface area contributed by atoms with Crippen molar-refractivity contribution in [2.45, 2.75) is 9.79 Å². The molecule has 0 heterocycles. The highest BCUT2D eigenvalue weighted by Crippen LogP contribution is 2.25. The Kier molecular flexibility index (Phi) is 3.67. The lowest BCUT2D eigenvalue weighted by atomic mass is 9.80. The molecule has 2 rings (SSSR count). The maximum absolute atomic E-state index is 9.22. The van der Waals surface area contributed by atoms with Gasteiger partial charge in [-0.15, -0.1) is 0 Å². The van der Waals surface area contributed by atoms with Gasteiger partial charge in [-0.1, -0.05) is 48.2 Å². The van der Waals surface area contributed by atoms with Gasteiger partial charge in [0.15, 0.2) is 0 Å². The summed E-state index contributed by atoms with van der Waals surface area (Å²) in [6, 6.07) is 17.1. The molecule has 2 aromatic carbocycles. The fourth-order valence-electron chi connectivity index (χ4n) is 1.40. The topological polar surface area (TPSA) is 40.5 Å². The molecule has 0 amide bonds. The lowest BCUT2D eigenvalue weighted by Gasteiger charge is -2.07. The summed E-state index contributed by atoms with van der Waals surface area (Å²) in [4.78, 5) is 1.94. The molecular formula is C12H11BO2S. The molecule has 2 N–H and O–H groups in total. The minimum Gasteiger partial charge on any atom is -0.423 e. The normalized spacial score (nSPS) is 10.1. The second-order valence-electron chi connectivity index (χ2n) is 3.33. The average molecular weight is 230 g/mol. The molecule has 0 saturated heterocycles. The maximum atomic E-state index is 9.22. The Balaban J connectivity index is 2.28. The average Bonchev–Trinajstić information content (AvgIpc) is 2.31. The van der Waals surface area contributed by atoms with Gasteiger partial charge in [0.25, 0.3) is 0 Å². The van der Waals surface area contributed by atoms with E-state index in [-0.39, 0.29) is 0 Å². The molecule has 2 aromatic rings. The van der Waals surface area contributed by atoms with Gasteiger partial charge in [0, 0.05) is 9.79 Å². The van der Waals surface area contributed by atoms with Crippen molar-refractivity contribution in [3.63, 3.8) is 0 Å². The molecular weight excluding hydrogens is 219 g/mol. The van der Waals surface area contributed by atoms with E-state index in [1.807, 2.05) is 42.5 Å². The molecule has 0 fully saturated rings. The molecule has 0 aromatic heterocycles. The zero-order chi connectivity index (χ0) is 11.4. The van der Waals surface area contributed by atoms with Crippen molar-refractivity contribution in [1.82, 2.24) is 0 Å². The third-order valence-corrected chi connectivity index (χ3v) is 3.27. The van der Waals surface area contributed by atoms with E-state index < -0.39 is 7.12 Å². The van der Waals surface area contributed by atoms with Gasteiger partial charge in [0.1, 0.15) is 0 Å². The molecule has 0 aliphatic carbocycles. The molecule has 0 spiro atoms. The van der Waals surface area contributed by atoms with Gasteiger partial charge in [0.2, 0.25) is 0 Å². The highest BCUT2D eigenvalue weighted by Gasteiger charge is 2.15. The first kappa shape index (κ1) is 11.3. The van der Waals surface area contributed by atoms with Gasteiger partial charge >= 0.3 is 7.12 Å². The molecule has 2 nitrogen and oxygen atoms in total. The summed E-state index contributed by atoms with van der Waals surface area (Å²) in [6.07, 6.45) is 0. The maximum Gasteiger partial charge on any atom is 0.489 e. The molecule has 0 unspecified atom stereocenters. The molecule has 0 aliphatic heterocycles. The van der Waals surface area contributed by atoms with E-state index in [0.29, 0.717) is 5.46 Å². The van der Waals surface area contributed by atoms with E-state index in [1.54, 1.807) is 12.1 Å². The van der Waals surface area contributed by atoms with E-state index in [9.17, 15) is 10.0 Å². The highest BCUT2D eigenvalue weighted by molar-refractivity contribution is 7.99. The van der Waals surface area contributed by atoms with Crippen LogP contribution in [0.4, 0.5) is 0 Å². The standard InChI is InChI=1S/C12H11BO2S/c14-13(15)11-8-4-5-9-12(11)16-10-6-2-1-3-7-10/h1-9,14-15H. The van der Waals surface area contributed by atoms with Crippen molar-refractivity contribution in [3.05, 3.63) is 54.6 Å². The number of benzene rings is 2. The van der Waals surface area contributed by atoms with E-state index in [0.717, 1.165) is 9.79 Å². The Labute approximate surface area is 99.1 Å². The second kappa shape index (κ2) is 5.21. The summed E-state index contributed by atoms with van der Waals surface area (Å²) in [7, 11) is -1.42. The van der Waals surface area contributed by atoms with E-state index in [1.165, 1.54) is 11.8 Å². The molecule has 80 valence electrons. The Morgan fingerprint density at radius 1 is 0.812 bits per heavy atom. The number of hydrogen-bond acceptors (Lipinski definition) is 3. The predicted molar refractivity (Wildman–Crippen MR) is 66.8 cm³/mol. The van der Waals surface area contributed by atoms with E-state index in [4.69, 9.17) is 0 Å². The van der Waals surface area contributed by atoms with Crippen LogP contribution in [0.15, 0.2) is 64.4 Å². The van der Waals surface area contributed by atoms with Crippen molar-refractivity contribution < 1.29 is 10.0 Å². The first-order valence-electron chi connectivity index (χ1n) is 4.95. The van der Waals surface area contributed by atoms with Crippen LogP contribution in [0.2, 0.25) is 0 Å². The minimum absolute atomic E-state index is 0.538.